The summed E-state index contributed by atoms with van der Waals surface area (Å²) in [5.74, 6) is -1.42. The second-order valence-corrected chi connectivity index (χ2v) is 6.02. The molecule has 0 spiro atoms. The van der Waals surface area contributed by atoms with Gasteiger partial charge in [0.05, 0.1) is 12.0 Å². The Balaban J connectivity index is 2.02. The largest absolute Gasteiger partial charge is 0.481 e. The number of thioether (sulfide) groups is 1. The zero-order chi connectivity index (χ0) is 15.0. The van der Waals surface area contributed by atoms with E-state index in [1.165, 1.54) is 0 Å². The molecule has 0 unspecified atom stereocenters. The molecule has 110 valence electrons. The summed E-state index contributed by atoms with van der Waals surface area (Å²) in [5.41, 5.74) is -1.35. The number of benzene rings is 1. The van der Waals surface area contributed by atoms with E-state index >= 15 is 0 Å². The van der Waals surface area contributed by atoms with Crippen LogP contribution in [0.15, 0.2) is 23.1 Å². The molecule has 0 heterocycles. The second kappa shape index (κ2) is 5.27. The van der Waals surface area contributed by atoms with Crippen LogP contribution in [0.3, 0.4) is 0 Å². The van der Waals surface area contributed by atoms with Gasteiger partial charge in [-0.15, -0.1) is 11.8 Å². The topological polar surface area (TPSA) is 37.3 Å². The summed E-state index contributed by atoms with van der Waals surface area (Å²) < 4.78 is 50.8. The van der Waals surface area contributed by atoms with Crippen LogP contribution < -0.4 is 0 Å². The Kier molecular flexibility index (Phi) is 4.00. The summed E-state index contributed by atoms with van der Waals surface area (Å²) in [4.78, 5) is 10.8. The lowest BCUT2D eigenvalue weighted by molar-refractivity contribution is -0.139. The van der Waals surface area contributed by atoms with Gasteiger partial charge < -0.3 is 5.11 Å². The van der Waals surface area contributed by atoms with E-state index in [1.807, 2.05) is 0 Å². The van der Waals surface area contributed by atoms with Crippen LogP contribution in [0.5, 0.6) is 0 Å². The minimum Gasteiger partial charge on any atom is -0.481 e. The van der Waals surface area contributed by atoms with Gasteiger partial charge in [0.2, 0.25) is 0 Å². The van der Waals surface area contributed by atoms with Gasteiger partial charge in [-0.3, -0.25) is 4.79 Å². The Bertz CT molecular complexity index is 524. The van der Waals surface area contributed by atoms with Gasteiger partial charge in [0, 0.05) is 10.6 Å². The summed E-state index contributed by atoms with van der Waals surface area (Å²) >= 11 is 1.07. The first-order chi connectivity index (χ1) is 9.22. The van der Waals surface area contributed by atoms with E-state index in [-0.39, 0.29) is 16.7 Å². The third kappa shape index (κ3) is 3.65. The molecular weight excluding hydrogens is 296 g/mol. The van der Waals surface area contributed by atoms with Crippen molar-refractivity contribution in [1.29, 1.82) is 0 Å². The second-order valence-electron chi connectivity index (χ2n) is 5.00. The zero-order valence-electron chi connectivity index (χ0n) is 10.3. The van der Waals surface area contributed by atoms with Crippen LogP contribution in [0, 0.1) is 11.2 Å². The van der Waals surface area contributed by atoms with Crippen molar-refractivity contribution in [2.45, 2.75) is 30.3 Å². The van der Waals surface area contributed by atoms with Gasteiger partial charge in [-0.25, -0.2) is 4.39 Å². The van der Waals surface area contributed by atoms with E-state index in [9.17, 15) is 22.4 Å². The minimum absolute atomic E-state index is 0.0161. The zero-order valence-corrected chi connectivity index (χ0v) is 11.2. The number of rotatable bonds is 5. The first-order valence-electron chi connectivity index (χ1n) is 5.93. The smallest absolute Gasteiger partial charge is 0.416 e. The van der Waals surface area contributed by atoms with Crippen molar-refractivity contribution < 1.29 is 27.5 Å². The van der Waals surface area contributed by atoms with Crippen molar-refractivity contribution in [3.8, 4) is 0 Å². The van der Waals surface area contributed by atoms with Crippen molar-refractivity contribution in [3.63, 3.8) is 0 Å². The van der Waals surface area contributed by atoms with Crippen molar-refractivity contribution >= 4 is 17.7 Å². The predicted octanol–water partition coefficient (Wildman–Crippen LogP) is 4.19. The molecule has 0 radical (unpaired) electrons. The number of carbonyl (C=O) groups is 1. The minimum atomic E-state index is -4.56. The number of hydrogen-bond acceptors (Lipinski definition) is 2. The highest BCUT2D eigenvalue weighted by molar-refractivity contribution is 7.99. The average Bonchev–Trinajstić information content (AvgIpc) is 3.05. The van der Waals surface area contributed by atoms with Gasteiger partial charge in [-0.05, 0) is 36.5 Å². The van der Waals surface area contributed by atoms with Gasteiger partial charge in [-0.2, -0.15) is 13.2 Å². The molecule has 1 aliphatic rings. The van der Waals surface area contributed by atoms with E-state index in [0.717, 1.165) is 36.7 Å². The number of carboxylic acid groups (broad SMARTS) is 1. The number of carboxylic acids is 1. The van der Waals surface area contributed by atoms with Gasteiger partial charge in [0.1, 0.15) is 5.82 Å². The fourth-order valence-corrected chi connectivity index (χ4v) is 3.11. The van der Waals surface area contributed by atoms with Crippen molar-refractivity contribution in [2.75, 3.05) is 5.75 Å². The lowest BCUT2D eigenvalue weighted by Crippen LogP contribution is -2.11. The molecule has 1 N–H and O–H groups in total. The monoisotopic (exact) mass is 308 g/mol. The first kappa shape index (κ1) is 15.2. The third-order valence-electron chi connectivity index (χ3n) is 3.28. The predicted molar refractivity (Wildman–Crippen MR) is 66.0 cm³/mol. The Morgan fingerprint density at radius 2 is 2.00 bits per heavy atom. The van der Waals surface area contributed by atoms with Crippen LogP contribution in [-0.4, -0.2) is 16.8 Å². The Morgan fingerprint density at radius 3 is 2.45 bits per heavy atom. The highest BCUT2D eigenvalue weighted by Crippen LogP contribution is 2.52. The molecule has 0 amide bonds. The molecule has 1 aromatic carbocycles. The maximum absolute atomic E-state index is 13.6. The summed E-state index contributed by atoms with van der Waals surface area (Å²) in [6.45, 7) is 0. The Hall–Kier alpha value is -1.24. The molecule has 1 aliphatic carbocycles. The number of alkyl halides is 3. The van der Waals surface area contributed by atoms with Crippen LogP contribution in [0.2, 0.25) is 0 Å². The molecule has 1 fully saturated rings. The summed E-state index contributed by atoms with van der Waals surface area (Å²) in [7, 11) is 0. The molecule has 1 saturated carbocycles. The SMILES string of the molecule is O=C(O)CC1(CSc2ccc(C(F)(F)F)cc2F)CC1. The van der Waals surface area contributed by atoms with Crippen molar-refractivity contribution in [3.05, 3.63) is 29.6 Å². The lowest BCUT2D eigenvalue weighted by atomic mass is 10.1. The normalized spacial score (nSPS) is 17.0. The fourth-order valence-electron chi connectivity index (χ4n) is 1.89. The molecule has 0 saturated heterocycles. The molecule has 20 heavy (non-hydrogen) atoms. The van der Waals surface area contributed by atoms with E-state index < -0.39 is 23.5 Å². The van der Waals surface area contributed by atoms with Crippen LogP contribution in [0.1, 0.15) is 24.8 Å². The van der Waals surface area contributed by atoms with Gasteiger partial charge >= 0.3 is 12.1 Å². The van der Waals surface area contributed by atoms with Gasteiger partial charge in [0.15, 0.2) is 0 Å². The van der Waals surface area contributed by atoms with Crippen molar-refractivity contribution in [2.24, 2.45) is 5.41 Å². The fraction of sp³-hybridized carbons (Fsp3) is 0.462. The highest BCUT2D eigenvalue weighted by Gasteiger charge is 2.44. The molecule has 0 bridgehead atoms. The maximum atomic E-state index is 13.6. The molecule has 2 rings (SSSR count). The lowest BCUT2D eigenvalue weighted by Gasteiger charge is -2.13. The molecular formula is C13H12F4O2S. The van der Waals surface area contributed by atoms with Crippen LogP contribution in [-0.2, 0) is 11.0 Å². The van der Waals surface area contributed by atoms with Crippen LogP contribution >= 0.6 is 11.8 Å². The van der Waals surface area contributed by atoms with E-state index in [2.05, 4.69) is 0 Å². The van der Waals surface area contributed by atoms with Gasteiger partial charge in [0.25, 0.3) is 0 Å². The Morgan fingerprint density at radius 1 is 1.35 bits per heavy atom. The van der Waals surface area contributed by atoms with Crippen molar-refractivity contribution in [1.82, 2.24) is 0 Å². The number of hydrogen-bond donors (Lipinski definition) is 1. The van der Waals surface area contributed by atoms with E-state index in [4.69, 9.17) is 5.11 Å². The highest BCUT2D eigenvalue weighted by atomic mass is 32.2. The van der Waals surface area contributed by atoms with E-state index in [1.54, 1.807) is 0 Å². The summed E-state index contributed by atoms with van der Waals surface area (Å²) in [6.07, 6.45) is -3.03. The summed E-state index contributed by atoms with van der Waals surface area (Å²) in [5, 5.41) is 8.76. The average molecular weight is 308 g/mol. The van der Waals surface area contributed by atoms with Crippen LogP contribution in [0.4, 0.5) is 17.6 Å². The third-order valence-corrected chi connectivity index (χ3v) is 4.68. The summed E-state index contributed by atoms with van der Waals surface area (Å²) in [6, 6.07) is 2.40. The molecule has 0 atom stereocenters. The first-order valence-corrected chi connectivity index (χ1v) is 6.92. The van der Waals surface area contributed by atoms with Gasteiger partial charge in [-0.1, -0.05) is 0 Å². The molecule has 1 aromatic rings. The maximum Gasteiger partial charge on any atom is 0.416 e. The molecule has 2 nitrogen and oxygen atoms in total. The number of aliphatic carboxylic acids is 1. The quantitative estimate of drug-likeness (QED) is 0.654. The molecule has 7 heteroatoms. The molecule has 0 aliphatic heterocycles. The number of halogens is 4. The standard InChI is InChI=1S/C13H12F4O2S/c14-9-5-8(13(15,16)17)1-2-10(9)20-7-12(3-4-12)6-11(18)19/h1-2,5H,3-4,6-7H2,(H,18,19). The van der Waals surface area contributed by atoms with E-state index in [0.29, 0.717) is 11.8 Å². The molecule has 0 aromatic heterocycles. The van der Waals surface area contributed by atoms with Crippen LogP contribution in [0.25, 0.3) is 0 Å². The Labute approximate surface area is 117 Å².